The maximum atomic E-state index is 10.9. The fourth-order valence-electron chi connectivity index (χ4n) is 2.00. The summed E-state index contributed by atoms with van der Waals surface area (Å²) in [6.45, 7) is 11.8. The van der Waals surface area contributed by atoms with Gasteiger partial charge in [0.2, 0.25) is 0 Å². The number of ether oxygens (including phenoxy) is 1. The zero-order valence-corrected chi connectivity index (χ0v) is 15.5. The van der Waals surface area contributed by atoms with Gasteiger partial charge in [-0.25, -0.2) is 4.79 Å². The second-order valence-corrected chi connectivity index (χ2v) is 7.51. The average molecular weight is 350 g/mol. The predicted octanol–water partition coefficient (Wildman–Crippen LogP) is 1.10. The van der Waals surface area contributed by atoms with E-state index < -0.39 is 20.9 Å². The molecule has 136 valence electrons. The van der Waals surface area contributed by atoms with E-state index in [1.54, 1.807) is 0 Å². The highest BCUT2D eigenvalue weighted by atomic mass is 28.4. The number of rotatable bonds is 15. The Labute approximate surface area is 140 Å². The molecule has 0 rings (SSSR count). The van der Waals surface area contributed by atoms with E-state index in [9.17, 15) is 9.90 Å². The third-order valence-corrected chi connectivity index (χ3v) is 6.05. The van der Waals surface area contributed by atoms with Crippen molar-refractivity contribution < 1.29 is 27.9 Å². The second-order valence-electron chi connectivity index (χ2n) is 4.78. The van der Waals surface area contributed by atoms with Crippen LogP contribution in [0.5, 0.6) is 0 Å². The van der Waals surface area contributed by atoms with Gasteiger partial charge in [0.05, 0.1) is 0 Å². The van der Waals surface area contributed by atoms with Gasteiger partial charge in [-0.15, -0.1) is 0 Å². The van der Waals surface area contributed by atoms with Crippen LogP contribution < -0.4 is 5.32 Å². The van der Waals surface area contributed by atoms with Crippen molar-refractivity contribution in [1.29, 1.82) is 0 Å². The fraction of sp³-hybridized carbons (Fsp3) is 0.800. The van der Waals surface area contributed by atoms with E-state index in [4.69, 9.17) is 18.0 Å². The topological polar surface area (TPSA) is 86.3 Å². The first-order valence-corrected chi connectivity index (χ1v) is 10.1. The van der Waals surface area contributed by atoms with Gasteiger partial charge in [0, 0.05) is 38.5 Å². The summed E-state index contributed by atoms with van der Waals surface area (Å²) in [5.41, 5.74) is 0. The van der Waals surface area contributed by atoms with Crippen molar-refractivity contribution in [2.45, 2.75) is 39.3 Å². The largest absolute Gasteiger partial charge is 0.500 e. The number of carbonyl (C=O) groups is 1. The van der Waals surface area contributed by atoms with Crippen LogP contribution in [0.3, 0.4) is 0 Å². The van der Waals surface area contributed by atoms with Gasteiger partial charge >= 0.3 is 14.8 Å². The summed E-state index contributed by atoms with van der Waals surface area (Å²) >= 11 is 0. The van der Waals surface area contributed by atoms with E-state index in [-0.39, 0.29) is 6.61 Å². The molecule has 0 aliphatic heterocycles. The summed E-state index contributed by atoms with van der Waals surface area (Å²) in [4.78, 5) is 10.9. The zero-order valence-electron chi connectivity index (χ0n) is 14.5. The molecular formula is C15H31NO6Si. The summed E-state index contributed by atoms with van der Waals surface area (Å²) in [5, 5.41) is 12.8. The summed E-state index contributed by atoms with van der Waals surface area (Å²) in [7, 11) is -2.59. The standard InChI is InChI=1S/C15H31NO6Si/c1-5-15(18)19-13-14(17)12-16-10-9-11-23(20-6-2,21-7-3)22-8-4/h5,14,16-17H,1,6-13H2,2-4H3/t14-/m0/s1. The zero-order chi connectivity index (χ0) is 17.6. The molecule has 0 aromatic carbocycles. The van der Waals surface area contributed by atoms with Crippen molar-refractivity contribution in [1.82, 2.24) is 5.32 Å². The van der Waals surface area contributed by atoms with Crippen LogP contribution in [0.1, 0.15) is 27.2 Å². The fourth-order valence-corrected chi connectivity index (χ4v) is 4.61. The van der Waals surface area contributed by atoms with Crippen LogP contribution in [0, 0.1) is 0 Å². The number of esters is 1. The lowest BCUT2D eigenvalue weighted by atomic mass is 10.3. The Hall–Kier alpha value is -0.773. The summed E-state index contributed by atoms with van der Waals surface area (Å²) in [5.74, 6) is -0.537. The van der Waals surface area contributed by atoms with E-state index in [2.05, 4.69) is 11.9 Å². The predicted molar refractivity (Wildman–Crippen MR) is 90.1 cm³/mol. The molecule has 0 fully saturated rings. The molecule has 0 saturated heterocycles. The molecule has 0 amide bonds. The highest BCUT2D eigenvalue weighted by Gasteiger charge is 2.39. The molecule has 0 aromatic heterocycles. The van der Waals surface area contributed by atoms with Gasteiger partial charge in [0.15, 0.2) is 0 Å². The van der Waals surface area contributed by atoms with Crippen LogP contribution in [0.4, 0.5) is 0 Å². The van der Waals surface area contributed by atoms with Crippen molar-refractivity contribution in [3.8, 4) is 0 Å². The Kier molecular flexibility index (Phi) is 13.2. The first-order valence-electron chi connectivity index (χ1n) is 8.13. The molecule has 0 saturated carbocycles. The molecule has 23 heavy (non-hydrogen) atoms. The van der Waals surface area contributed by atoms with E-state index in [1.165, 1.54) is 0 Å². The third-order valence-electron chi connectivity index (χ3n) is 2.89. The molecule has 0 heterocycles. The second kappa shape index (κ2) is 13.6. The Morgan fingerprint density at radius 3 is 2.26 bits per heavy atom. The maximum absolute atomic E-state index is 10.9. The van der Waals surface area contributed by atoms with Crippen molar-refractivity contribution in [3.63, 3.8) is 0 Å². The van der Waals surface area contributed by atoms with Crippen molar-refractivity contribution in [3.05, 3.63) is 12.7 Å². The van der Waals surface area contributed by atoms with Gasteiger partial charge in [-0.05, 0) is 33.7 Å². The Morgan fingerprint density at radius 2 is 1.78 bits per heavy atom. The molecule has 2 N–H and O–H groups in total. The Balaban J connectivity index is 4.00. The quantitative estimate of drug-likeness (QED) is 0.198. The minimum Gasteiger partial charge on any atom is -0.460 e. The number of hydrogen-bond donors (Lipinski definition) is 2. The molecule has 8 heteroatoms. The smallest absolute Gasteiger partial charge is 0.460 e. The van der Waals surface area contributed by atoms with Crippen LogP contribution in [-0.2, 0) is 22.8 Å². The highest BCUT2D eigenvalue weighted by Crippen LogP contribution is 2.17. The molecule has 0 bridgehead atoms. The number of hydrogen-bond acceptors (Lipinski definition) is 7. The Bertz CT molecular complexity index is 312. The minimum atomic E-state index is -2.59. The van der Waals surface area contributed by atoms with Crippen molar-refractivity contribution >= 4 is 14.8 Å². The van der Waals surface area contributed by atoms with Crippen LogP contribution in [0.25, 0.3) is 0 Å². The molecule has 1 atom stereocenters. The lowest BCUT2D eigenvalue weighted by molar-refractivity contribution is -0.140. The van der Waals surface area contributed by atoms with Crippen molar-refractivity contribution in [2.24, 2.45) is 0 Å². The SMILES string of the molecule is C=CC(=O)OC[C@@H](O)CNCCC[Si](OCC)(OCC)OCC. The lowest BCUT2D eigenvalue weighted by Gasteiger charge is -2.28. The van der Waals surface area contributed by atoms with E-state index >= 15 is 0 Å². The number of nitrogens with one attached hydrogen (secondary N) is 1. The molecule has 0 radical (unpaired) electrons. The van der Waals surface area contributed by atoms with Crippen LogP contribution in [0.15, 0.2) is 12.7 Å². The van der Waals surface area contributed by atoms with Gasteiger partial charge in [-0.2, -0.15) is 0 Å². The summed E-state index contributed by atoms with van der Waals surface area (Å²) < 4.78 is 22.1. The molecule has 0 aromatic rings. The van der Waals surface area contributed by atoms with Gasteiger partial charge in [0.25, 0.3) is 0 Å². The highest BCUT2D eigenvalue weighted by molar-refractivity contribution is 6.60. The monoisotopic (exact) mass is 349 g/mol. The first-order chi connectivity index (χ1) is 11.0. The van der Waals surface area contributed by atoms with Crippen LogP contribution >= 0.6 is 0 Å². The van der Waals surface area contributed by atoms with Crippen molar-refractivity contribution in [2.75, 3.05) is 39.5 Å². The Morgan fingerprint density at radius 1 is 1.22 bits per heavy atom. The lowest BCUT2D eigenvalue weighted by Crippen LogP contribution is -2.46. The maximum Gasteiger partial charge on any atom is 0.500 e. The van der Waals surface area contributed by atoms with Gasteiger partial charge in [-0.3, -0.25) is 0 Å². The van der Waals surface area contributed by atoms with Crippen LogP contribution in [0.2, 0.25) is 6.04 Å². The van der Waals surface area contributed by atoms with E-state index in [0.717, 1.165) is 18.5 Å². The van der Waals surface area contributed by atoms with E-state index in [1.807, 2.05) is 20.8 Å². The molecule has 7 nitrogen and oxygen atoms in total. The normalized spacial score (nSPS) is 12.9. The summed E-state index contributed by atoms with van der Waals surface area (Å²) in [6, 6.07) is 0.719. The number of aliphatic hydroxyl groups is 1. The first kappa shape index (κ1) is 22.2. The molecule has 0 aliphatic rings. The molecule has 0 aliphatic carbocycles. The van der Waals surface area contributed by atoms with Gasteiger partial charge < -0.3 is 28.4 Å². The number of aliphatic hydroxyl groups excluding tert-OH is 1. The third kappa shape index (κ3) is 10.6. The molecular weight excluding hydrogens is 318 g/mol. The van der Waals surface area contributed by atoms with Gasteiger partial charge in [-0.1, -0.05) is 6.58 Å². The molecule has 0 unspecified atom stereocenters. The number of carbonyl (C=O) groups excluding carboxylic acids is 1. The minimum absolute atomic E-state index is 0.0482. The van der Waals surface area contributed by atoms with Gasteiger partial charge in [0.1, 0.15) is 12.7 Å². The average Bonchev–Trinajstić information content (AvgIpc) is 2.53. The van der Waals surface area contributed by atoms with Crippen LogP contribution in [-0.4, -0.2) is 65.5 Å². The van der Waals surface area contributed by atoms with E-state index in [0.29, 0.717) is 32.9 Å². The molecule has 0 spiro atoms. The summed E-state index contributed by atoms with van der Waals surface area (Å²) in [6.07, 6.45) is 1.14.